The predicted octanol–water partition coefficient (Wildman–Crippen LogP) is 4.34. The van der Waals surface area contributed by atoms with Gasteiger partial charge < -0.3 is 5.32 Å². The topological polar surface area (TPSA) is 42.0 Å². The Morgan fingerprint density at radius 2 is 1.82 bits per heavy atom. The van der Waals surface area contributed by atoms with Gasteiger partial charge in [0.2, 0.25) is 5.91 Å². The van der Waals surface area contributed by atoms with Gasteiger partial charge in [0, 0.05) is 12.3 Å². The standard InChI is InChI=1S/C19H22N2O/c1-14-6-5-13-20-18(14)21-17(22)12-9-15-7-10-16(11-8-15)19(2,3)4/h5-13H,1-4H3,(H,20,21,22)/b12-9+. The van der Waals surface area contributed by atoms with Crippen LogP contribution in [0.2, 0.25) is 0 Å². The van der Waals surface area contributed by atoms with Crippen molar-refractivity contribution >= 4 is 17.8 Å². The number of nitrogens with zero attached hydrogens (tertiary/aromatic N) is 1. The number of aromatic nitrogens is 1. The second-order valence-electron chi connectivity index (χ2n) is 6.36. The fourth-order valence-corrected chi connectivity index (χ4v) is 2.04. The molecule has 114 valence electrons. The van der Waals surface area contributed by atoms with Crippen LogP contribution < -0.4 is 5.32 Å². The van der Waals surface area contributed by atoms with E-state index in [1.165, 1.54) is 11.6 Å². The quantitative estimate of drug-likeness (QED) is 0.856. The third kappa shape index (κ3) is 4.29. The van der Waals surface area contributed by atoms with E-state index in [0.29, 0.717) is 5.82 Å². The largest absolute Gasteiger partial charge is 0.307 e. The molecule has 2 aromatic rings. The highest BCUT2D eigenvalue weighted by molar-refractivity contribution is 6.01. The fourth-order valence-electron chi connectivity index (χ4n) is 2.04. The second-order valence-corrected chi connectivity index (χ2v) is 6.36. The third-order valence-electron chi connectivity index (χ3n) is 3.45. The number of benzene rings is 1. The van der Waals surface area contributed by atoms with Crippen molar-refractivity contribution in [1.29, 1.82) is 0 Å². The summed E-state index contributed by atoms with van der Waals surface area (Å²) in [5.41, 5.74) is 3.36. The Hall–Kier alpha value is -2.42. The molecule has 0 spiro atoms. The van der Waals surface area contributed by atoms with E-state index in [1.54, 1.807) is 12.3 Å². The van der Waals surface area contributed by atoms with Crippen LogP contribution >= 0.6 is 0 Å². The molecule has 0 atom stereocenters. The summed E-state index contributed by atoms with van der Waals surface area (Å²) >= 11 is 0. The van der Waals surface area contributed by atoms with Crippen LogP contribution in [0, 0.1) is 6.92 Å². The van der Waals surface area contributed by atoms with Crippen molar-refractivity contribution in [3.8, 4) is 0 Å². The molecule has 0 bridgehead atoms. The van der Waals surface area contributed by atoms with Crippen LogP contribution in [0.1, 0.15) is 37.5 Å². The highest BCUT2D eigenvalue weighted by Gasteiger charge is 2.12. The minimum atomic E-state index is -0.179. The summed E-state index contributed by atoms with van der Waals surface area (Å²) in [6, 6.07) is 12.0. The first-order valence-corrected chi connectivity index (χ1v) is 7.37. The van der Waals surface area contributed by atoms with Crippen molar-refractivity contribution in [2.24, 2.45) is 0 Å². The van der Waals surface area contributed by atoms with Crippen molar-refractivity contribution < 1.29 is 4.79 Å². The molecule has 3 nitrogen and oxygen atoms in total. The molecule has 1 amide bonds. The van der Waals surface area contributed by atoms with E-state index in [-0.39, 0.29) is 11.3 Å². The molecule has 0 aliphatic carbocycles. The third-order valence-corrected chi connectivity index (χ3v) is 3.45. The van der Waals surface area contributed by atoms with Crippen LogP contribution in [0.3, 0.4) is 0 Å². The van der Waals surface area contributed by atoms with Crippen LogP contribution in [0.15, 0.2) is 48.7 Å². The van der Waals surface area contributed by atoms with Crippen LogP contribution in [0.5, 0.6) is 0 Å². The maximum absolute atomic E-state index is 11.9. The summed E-state index contributed by atoms with van der Waals surface area (Å²) in [5, 5.41) is 2.78. The van der Waals surface area contributed by atoms with Crippen LogP contribution in [-0.2, 0) is 10.2 Å². The summed E-state index contributed by atoms with van der Waals surface area (Å²) < 4.78 is 0. The molecular formula is C19H22N2O. The van der Waals surface area contributed by atoms with E-state index in [4.69, 9.17) is 0 Å². The number of aryl methyl sites for hydroxylation is 1. The zero-order valence-corrected chi connectivity index (χ0v) is 13.6. The normalized spacial score (nSPS) is 11.6. The molecule has 1 aromatic heterocycles. The van der Waals surface area contributed by atoms with Gasteiger partial charge in [0.15, 0.2) is 0 Å². The van der Waals surface area contributed by atoms with Crippen LogP contribution in [-0.4, -0.2) is 10.9 Å². The zero-order valence-electron chi connectivity index (χ0n) is 13.6. The molecule has 22 heavy (non-hydrogen) atoms. The maximum Gasteiger partial charge on any atom is 0.249 e. The number of rotatable bonds is 3. The van der Waals surface area contributed by atoms with Crippen LogP contribution in [0.25, 0.3) is 6.08 Å². The predicted molar refractivity (Wildman–Crippen MR) is 91.8 cm³/mol. The number of hydrogen-bond donors (Lipinski definition) is 1. The number of pyridine rings is 1. The lowest BCUT2D eigenvalue weighted by molar-refractivity contribution is -0.111. The van der Waals surface area contributed by atoms with E-state index in [2.05, 4.69) is 43.2 Å². The molecule has 1 heterocycles. The average Bonchev–Trinajstić information content (AvgIpc) is 2.47. The monoisotopic (exact) mass is 294 g/mol. The van der Waals surface area contributed by atoms with Gasteiger partial charge in [0.25, 0.3) is 0 Å². The van der Waals surface area contributed by atoms with Gasteiger partial charge in [-0.05, 0) is 41.2 Å². The van der Waals surface area contributed by atoms with Gasteiger partial charge in [0.1, 0.15) is 5.82 Å². The molecule has 0 radical (unpaired) electrons. The van der Waals surface area contributed by atoms with Crippen LogP contribution in [0.4, 0.5) is 5.82 Å². The molecule has 2 rings (SSSR count). The summed E-state index contributed by atoms with van der Waals surface area (Å²) in [6.07, 6.45) is 5.00. The van der Waals surface area contributed by atoms with Gasteiger partial charge in [-0.3, -0.25) is 4.79 Å². The lowest BCUT2D eigenvalue weighted by atomic mass is 9.87. The second kappa shape index (κ2) is 6.56. The molecule has 1 aromatic carbocycles. The van der Waals surface area contributed by atoms with Crippen molar-refractivity contribution in [1.82, 2.24) is 4.98 Å². The minimum absolute atomic E-state index is 0.135. The van der Waals surface area contributed by atoms with E-state index in [0.717, 1.165) is 11.1 Å². The zero-order chi connectivity index (χ0) is 16.2. The Labute approximate surface area is 132 Å². The summed E-state index contributed by atoms with van der Waals surface area (Å²) in [6.45, 7) is 8.46. The molecule has 0 saturated heterocycles. The number of amides is 1. The Bertz CT molecular complexity index is 679. The van der Waals surface area contributed by atoms with Gasteiger partial charge >= 0.3 is 0 Å². The first-order valence-electron chi connectivity index (χ1n) is 7.37. The molecule has 0 aliphatic heterocycles. The molecule has 0 fully saturated rings. The van der Waals surface area contributed by atoms with Gasteiger partial charge in [-0.2, -0.15) is 0 Å². The average molecular weight is 294 g/mol. The fraction of sp³-hybridized carbons (Fsp3) is 0.263. The minimum Gasteiger partial charge on any atom is -0.307 e. The van der Waals surface area contributed by atoms with Gasteiger partial charge in [-0.1, -0.05) is 51.1 Å². The van der Waals surface area contributed by atoms with Crippen molar-refractivity contribution in [2.45, 2.75) is 33.1 Å². The van der Waals surface area contributed by atoms with E-state index >= 15 is 0 Å². The Morgan fingerprint density at radius 1 is 1.14 bits per heavy atom. The number of carbonyl (C=O) groups is 1. The summed E-state index contributed by atoms with van der Waals surface area (Å²) in [5.74, 6) is 0.418. The SMILES string of the molecule is Cc1cccnc1NC(=O)/C=C/c1ccc(C(C)(C)C)cc1. The molecule has 0 saturated carbocycles. The molecule has 0 unspecified atom stereocenters. The maximum atomic E-state index is 11.9. The smallest absolute Gasteiger partial charge is 0.249 e. The Morgan fingerprint density at radius 3 is 2.41 bits per heavy atom. The Kier molecular flexibility index (Phi) is 4.76. The van der Waals surface area contributed by atoms with Crippen molar-refractivity contribution in [3.63, 3.8) is 0 Å². The Balaban J connectivity index is 2.02. The first-order chi connectivity index (χ1) is 10.4. The highest BCUT2D eigenvalue weighted by atomic mass is 16.1. The first kappa shape index (κ1) is 16.0. The van der Waals surface area contributed by atoms with Gasteiger partial charge in [0.05, 0.1) is 0 Å². The molecule has 3 heteroatoms. The number of hydrogen-bond acceptors (Lipinski definition) is 2. The van der Waals surface area contributed by atoms with E-state index in [1.807, 2.05) is 31.2 Å². The van der Waals surface area contributed by atoms with E-state index in [9.17, 15) is 4.79 Å². The molecule has 1 N–H and O–H groups in total. The number of anilines is 1. The summed E-state index contributed by atoms with van der Waals surface area (Å²) in [7, 11) is 0. The number of carbonyl (C=O) groups excluding carboxylic acids is 1. The van der Waals surface area contributed by atoms with Crippen molar-refractivity contribution in [2.75, 3.05) is 5.32 Å². The molecule has 0 aliphatic rings. The molecular weight excluding hydrogens is 272 g/mol. The van der Waals surface area contributed by atoms with Gasteiger partial charge in [-0.25, -0.2) is 4.98 Å². The lowest BCUT2D eigenvalue weighted by Crippen LogP contribution is -2.11. The highest BCUT2D eigenvalue weighted by Crippen LogP contribution is 2.22. The van der Waals surface area contributed by atoms with Crippen molar-refractivity contribution in [3.05, 3.63) is 65.4 Å². The number of nitrogens with one attached hydrogen (secondary N) is 1. The summed E-state index contributed by atoms with van der Waals surface area (Å²) in [4.78, 5) is 16.1. The lowest BCUT2D eigenvalue weighted by Gasteiger charge is -2.18. The van der Waals surface area contributed by atoms with Gasteiger partial charge in [-0.15, -0.1) is 0 Å². The van der Waals surface area contributed by atoms with E-state index < -0.39 is 0 Å².